The second-order valence-electron chi connectivity index (χ2n) is 6.74. The predicted molar refractivity (Wildman–Crippen MR) is 176 cm³/mol. The van der Waals surface area contributed by atoms with Crippen LogP contribution in [0.25, 0.3) is 0 Å². The first-order valence-corrected chi connectivity index (χ1v) is 16.2. The van der Waals surface area contributed by atoms with Crippen LogP contribution in [0.5, 0.6) is 5.75 Å². The minimum Gasteiger partial charge on any atom is -0.489 e. The van der Waals surface area contributed by atoms with Gasteiger partial charge in [-0.1, -0.05) is 36.4 Å². The van der Waals surface area contributed by atoms with Crippen LogP contribution in [-0.4, -0.2) is 0 Å². The van der Waals surface area contributed by atoms with Gasteiger partial charge in [0.25, 0.3) is 0 Å². The number of benzene rings is 4. The van der Waals surface area contributed by atoms with Gasteiger partial charge in [0.15, 0.2) is 14.7 Å². The second kappa shape index (κ2) is 12.1. The van der Waals surface area contributed by atoms with E-state index in [4.69, 9.17) is 4.74 Å². The lowest BCUT2D eigenvalue weighted by Gasteiger charge is -2.15. The first-order chi connectivity index (χ1) is 15.5. The number of hydrogen-bond acceptors (Lipinski definition) is 1. The maximum Gasteiger partial charge on any atom is 0.166 e. The lowest BCUT2D eigenvalue weighted by atomic mass is 10.2. The third-order valence-electron chi connectivity index (χ3n) is 4.70. The van der Waals surface area contributed by atoms with Gasteiger partial charge in [-0.15, -0.1) is 0 Å². The van der Waals surface area contributed by atoms with E-state index in [-0.39, 0.29) is 10.9 Å². The van der Waals surface area contributed by atoms with Crippen molar-refractivity contribution in [3.8, 4) is 5.75 Å². The fourth-order valence-corrected chi connectivity index (χ4v) is 10.4. The topological polar surface area (TPSA) is 9.23 Å². The summed E-state index contributed by atoms with van der Waals surface area (Å²) in [5, 5.41) is 0. The van der Waals surface area contributed by atoms with Gasteiger partial charge in [-0.2, -0.15) is 0 Å². The molecule has 4 rings (SSSR count). The van der Waals surface area contributed by atoms with Crippen molar-refractivity contribution in [1.82, 2.24) is 0 Å². The molecule has 0 aliphatic rings. The van der Waals surface area contributed by atoms with Crippen LogP contribution < -0.4 is 4.74 Å². The highest BCUT2D eigenvalue weighted by atomic mass is 127. The molecule has 1 nitrogen and oxygen atoms in total. The van der Waals surface area contributed by atoms with Crippen LogP contribution in [0, 0.1) is 17.9 Å². The van der Waals surface area contributed by atoms with Crippen molar-refractivity contribution in [3.05, 3.63) is 108 Å². The maximum atomic E-state index is 6.23. The molecular formula is C25H16I5OS+. The van der Waals surface area contributed by atoms with Crippen LogP contribution in [0.2, 0.25) is 0 Å². The molecule has 32 heavy (non-hydrogen) atoms. The first kappa shape index (κ1) is 25.8. The van der Waals surface area contributed by atoms with Crippen molar-refractivity contribution in [1.29, 1.82) is 0 Å². The molecule has 0 unspecified atom stereocenters. The third-order valence-corrected chi connectivity index (χ3v) is 16.7. The van der Waals surface area contributed by atoms with E-state index in [0.717, 1.165) is 5.75 Å². The summed E-state index contributed by atoms with van der Waals surface area (Å²) in [4.78, 5) is 3.93. The molecule has 0 N–H and O–H groups in total. The minimum atomic E-state index is -0.140. The number of ether oxygens (including phenoxy) is 1. The zero-order valence-corrected chi connectivity index (χ0v) is 28.1. The number of rotatable bonds is 6. The SMILES string of the molecule is Ic1c(I)c(I)c(COc2ccc([S+](c3ccccc3)c3ccccc3)cc2)c(I)c1I. The summed E-state index contributed by atoms with van der Waals surface area (Å²) in [7, 11) is -0.140. The van der Waals surface area contributed by atoms with Crippen molar-refractivity contribution < 1.29 is 4.74 Å². The Hall–Kier alpha value is 0.680. The molecular weight excluding hydrogens is 983 g/mol. The summed E-state index contributed by atoms with van der Waals surface area (Å²) in [6.07, 6.45) is 0. The Labute approximate surface area is 259 Å². The summed E-state index contributed by atoms with van der Waals surface area (Å²) in [6.45, 7) is 0.571. The molecule has 0 spiro atoms. The summed E-state index contributed by atoms with van der Waals surface area (Å²) in [5.41, 5.74) is 1.26. The zero-order valence-electron chi connectivity index (χ0n) is 16.5. The van der Waals surface area contributed by atoms with Crippen LogP contribution in [0.15, 0.2) is 99.6 Å². The quantitative estimate of drug-likeness (QED) is 0.0811. The van der Waals surface area contributed by atoms with Gasteiger partial charge in [0.2, 0.25) is 0 Å². The monoisotopic (exact) mass is 999 g/mol. The highest BCUT2D eigenvalue weighted by molar-refractivity contribution is 14.1. The molecule has 0 bridgehead atoms. The normalized spacial score (nSPS) is 11.1. The molecule has 0 atom stereocenters. The fourth-order valence-electron chi connectivity index (χ4n) is 3.13. The van der Waals surface area contributed by atoms with Gasteiger partial charge in [-0.05, 0) is 161 Å². The molecule has 4 aromatic carbocycles. The van der Waals surface area contributed by atoms with E-state index in [1.165, 1.54) is 38.1 Å². The molecule has 0 radical (unpaired) electrons. The van der Waals surface area contributed by atoms with Gasteiger partial charge in [-0.25, -0.2) is 0 Å². The van der Waals surface area contributed by atoms with Crippen molar-refractivity contribution in [2.75, 3.05) is 0 Å². The molecule has 4 aromatic rings. The molecule has 0 amide bonds. The third kappa shape index (κ3) is 5.90. The molecule has 0 fully saturated rings. The van der Waals surface area contributed by atoms with Crippen molar-refractivity contribution in [3.63, 3.8) is 0 Å². The summed E-state index contributed by atoms with van der Waals surface area (Å²) in [5.74, 6) is 0.897. The van der Waals surface area contributed by atoms with Crippen molar-refractivity contribution in [2.24, 2.45) is 0 Å². The molecule has 0 saturated carbocycles. The van der Waals surface area contributed by atoms with Gasteiger partial charge in [0, 0.05) is 23.4 Å². The summed E-state index contributed by atoms with van der Waals surface area (Å²) in [6, 6.07) is 30.1. The average Bonchev–Trinajstić information content (AvgIpc) is 2.84. The Balaban J connectivity index is 1.59. The minimum absolute atomic E-state index is 0.140. The van der Waals surface area contributed by atoms with E-state index in [2.05, 4.69) is 198 Å². The van der Waals surface area contributed by atoms with Gasteiger partial charge in [-0.3, -0.25) is 0 Å². The zero-order chi connectivity index (χ0) is 22.7. The molecule has 0 aliphatic heterocycles. The van der Waals surface area contributed by atoms with E-state index in [1.807, 2.05) is 0 Å². The Bertz CT molecular complexity index is 1150. The fraction of sp³-hybridized carbons (Fsp3) is 0.0400. The van der Waals surface area contributed by atoms with E-state index < -0.39 is 0 Å². The largest absolute Gasteiger partial charge is 0.489 e. The molecule has 0 aliphatic carbocycles. The average molecular weight is 999 g/mol. The highest BCUT2D eigenvalue weighted by Gasteiger charge is 2.28. The van der Waals surface area contributed by atoms with Crippen LogP contribution in [0.4, 0.5) is 0 Å². The Morgan fingerprint density at radius 3 is 1.38 bits per heavy atom. The molecule has 162 valence electrons. The first-order valence-electron chi connectivity index (χ1n) is 9.55. The number of hydrogen-bond donors (Lipinski definition) is 0. The van der Waals surface area contributed by atoms with Gasteiger partial charge in [0.1, 0.15) is 12.4 Å². The Morgan fingerprint density at radius 2 is 0.906 bits per heavy atom. The Morgan fingerprint density at radius 1 is 0.500 bits per heavy atom. The summed E-state index contributed by atoms with van der Waals surface area (Å²) < 4.78 is 12.7. The summed E-state index contributed by atoms with van der Waals surface area (Å²) >= 11 is 12.2. The maximum absolute atomic E-state index is 6.23. The van der Waals surface area contributed by atoms with E-state index in [0.29, 0.717) is 6.61 Å². The standard InChI is InChI=1S/C25H16I5OS/c26-21-20(22(27)24(29)25(30)23(21)28)15-31-16-11-13-19(14-12-16)32(17-7-3-1-4-8-17)18-9-5-2-6-10-18/h1-14H,15H2/q+1. The second-order valence-corrected chi connectivity index (χ2v) is 14.2. The molecule has 7 heteroatoms. The molecule has 0 heterocycles. The van der Waals surface area contributed by atoms with Gasteiger partial charge < -0.3 is 4.74 Å². The highest BCUT2D eigenvalue weighted by Crippen LogP contribution is 2.35. The van der Waals surface area contributed by atoms with E-state index in [9.17, 15) is 0 Å². The van der Waals surface area contributed by atoms with E-state index in [1.54, 1.807) is 0 Å². The van der Waals surface area contributed by atoms with E-state index >= 15 is 0 Å². The lowest BCUT2D eigenvalue weighted by Crippen LogP contribution is -2.07. The van der Waals surface area contributed by atoms with Gasteiger partial charge in [0.05, 0.1) is 10.9 Å². The van der Waals surface area contributed by atoms with Crippen molar-refractivity contribution >= 4 is 124 Å². The van der Waals surface area contributed by atoms with Gasteiger partial charge >= 0.3 is 0 Å². The predicted octanol–water partition coefficient (Wildman–Crippen LogP) is 9.38. The van der Waals surface area contributed by atoms with Crippen LogP contribution in [0.1, 0.15) is 5.56 Å². The molecule has 0 saturated heterocycles. The van der Waals surface area contributed by atoms with Crippen LogP contribution in [0.3, 0.4) is 0 Å². The van der Waals surface area contributed by atoms with Crippen molar-refractivity contribution in [2.45, 2.75) is 21.3 Å². The Kier molecular flexibility index (Phi) is 9.73. The van der Waals surface area contributed by atoms with Crippen LogP contribution >= 0.6 is 113 Å². The lowest BCUT2D eigenvalue weighted by molar-refractivity contribution is 0.304. The van der Waals surface area contributed by atoms with Crippen LogP contribution in [-0.2, 0) is 17.5 Å². The molecule has 0 aromatic heterocycles. The smallest absolute Gasteiger partial charge is 0.166 e. The number of halogens is 5.